The lowest BCUT2D eigenvalue weighted by atomic mass is 10.0. The Morgan fingerprint density at radius 1 is 0.935 bits per heavy atom. The zero-order valence-corrected chi connectivity index (χ0v) is 16.9. The van der Waals surface area contributed by atoms with E-state index in [-0.39, 0.29) is 24.8 Å². The maximum atomic E-state index is 12.7. The lowest BCUT2D eigenvalue weighted by Gasteiger charge is -2.17. The number of nitrogens with one attached hydrogen (secondary N) is 4. The second kappa shape index (κ2) is 9.18. The van der Waals surface area contributed by atoms with E-state index in [2.05, 4.69) is 20.6 Å². The smallest absolute Gasteiger partial charge is 0.243 e. The van der Waals surface area contributed by atoms with Gasteiger partial charge < -0.3 is 20.6 Å². The molecule has 0 spiro atoms. The molecule has 2 aromatic heterocycles. The number of para-hydroxylation sites is 2. The van der Waals surface area contributed by atoms with Crippen molar-refractivity contribution in [2.45, 2.75) is 25.3 Å². The maximum Gasteiger partial charge on any atom is 0.243 e. The number of aromatic nitrogens is 2. The first-order valence-electron chi connectivity index (χ1n) is 10.2. The van der Waals surface area contributed by atoms with Crippen LogP contribution < -0.4 is 10.6 Å². The number of fused-ring (bicyclic) bond motifs is 2. The minimum atomic E-state index is -0.761. The third kappa shape index (κ3) is 4.59. The molecule has 2 amide bonds. The molecule has 1 unspecified atom stereocenters. The number of hydrogen-bond donors (Lipinski definition) is 4. The molecule has 2 aromatic carbocycles. The van der Waals surface area contributed by atoms with Crippen molar-refractivity contribution in [3.05, 3.63) is 72.1 Å². The topological polar surface area (TPSA) is 114 Å². The van der Waals surface area contributed by atoms with Crippen molar-refractivity contribution in [1.29, 1.82) is 5.26 Å². The van der Waals surface area contributed by atoms with Crippen LogP contribution in [0.2, 0.25) is 0 Å². The Hall–Kier alpha value is -4.05. The van der Waals surface area contributed by atoms with E-state index < -0.39 is 6.04 Å². The molecule has 0 radical (unpaired) electrons. The third-order valence-corrected chi connectivity index (χ3v) is 5.39. The minimum Gasteiger partial charge on any atom is -0.361 e. The van der Waals surface area contributed by atoms with E-state index in [9.17, 15) is 9.59 Å². The molecule has 0 aliphatic rings. The molecule has 0 aliphatic heterocycles. The summed E-state index contributed by atoms with van der Waals surface area (Å²) in [5.74, 6) is -0.575. The van der Waals surface area contributed by atoms with Crippen LogP contribution >= 0.6 is 0 Å². The quantitative estimate of drug-likeness (QED) is 0.333. The lowest BCUT2D eigenvalue weighted by molar-refractivity contribution is -0.128. The van der Waals surface area contributed by atoms with E-state index in [0.717, 1.165) is 32.9 Å². The van der Waals surface area contributed by atoms with Gasteiger partial charge in [0.25, 0.3) is 0 Å². The van der Waals surface area contributed by atoms with E-state index in [0.29, 0.717) is 12.8 Å². The molecule has 7 heteroatoms. The standard InChI is InChI=1S/C24H23N5O2/c25-11-12-26-24(31)22(13-17-15-28-21-8-4-2-6-19(17)21)29-23(30)10-9-16-14-27-20-7-3-1-5-18(16)20/h1-8,14-15,22,27-28H,9-10,12-13H2,(H,26,31)(H,29,30). The van der Waals surface area contributed by atoms with Crippen LogP contribution in [0.5, 0.6) is 0 Å². The highest BCUT2D eigenvalue weighted by Gasteiger charge is 2.22. The summed E-state index contributed by atoms with van der Waals surface area (Å²) in [5.41, 5.74) is 4.00. The van der Waals surface area contributed by atoms with Gasteiger partial charge in [0.15, 0.2) is 0 Å². The molecule has 31 heavy (non-hydrogen) atoms. The van der Waals surface area contributed by atoms with Crippen LogP contribution in [0.3, 0.4) is 0 Å². The van der Waals surface area contributed by atoms with Gasteiger partial charge in [-0.25, -0.2) is 0 Å². The summed E-state index contributed by atoms with van der Waals surface area (Å²) in [5, 5.41) is 16.3. The van der Waals surface area contributed by atoms with Crippen LogP contribution in [-0.2, 0) is 22.4 Å². The molecule has 0 saturated carbocycles. The first-order chi connectivity index (χ1) is 15.2. The number of amides is 2. The Balaban J connectivity index is 1.45. The van der Waals surface area contributed by atoms with Crippen LogP contribution in [0.4, 0.5) is 0 Å². The van der Waals surface area contributed by atoms with E-state index in [1.165, 1.54) is 0 Å². The van der Waals surface area contributed by atoms with Crippen molar-refractivity contribution in [2.75, 3.05) is 6.54 Å². The van der Waals surface area contributed by atoms with E-state index in [1.807, 2.05) is 67.0 Å². The van der Waals surface area contributed by atoms with Gasteiger partial charge in [-0.15, -0.1) is 0 Å². The fourth-order valence-electron chi connectivity index (χ4n) is 3.83. The number of benzene rings is 2. The molecule has 0 saturated heterocycles. The van der Waals surface area contributed by atoms with Crippen LogP contribution in [0.1, 0.15) is 17.5 Å². The number of hydrogen-bond acceptors (Lipinski definition) is 3. The van der Waals surface area contributed by atoms with Gasteiger partial charge >= 0.3 is 0 Å². The molecule has 4 aromatic rings. The molecule has 2 heterocycles. The molecule has 7 nitrogen and oxygen atoms in total. The number of aromatic amines is 2. The van der Waals surface area contributed by atoms with Gasteiger partial charge in [0.05, 0.1) is 6.07 Å². The van der Waals surface area contributed by atoms with E-state index in [1.54, 1.807) is 0 Å². The number of aryl methyl sites for hydroxylation is 1. The summed E-state index contributed by atoms with van der Waals surface area (Å²) in [6.45, 7) is -0.103. The molecular weight excluding hydrogens is 390 g/mol. The van der Waals surface area contributed by atoms with Gasteiger partial charge in [0.1, 0.15) is 12.6 Å². The summed E-state index contributed by atoms with van der Waals surface area (Å²) in [7, 11) is 0. The fraction of sp³-hybridized carbons (Fsp3) is 0.208. The molecule has 0 fully saturated rings. The number of rotatable bonds is 8. The van der Waals surface area contributed by atoms with Crippen molar-refractivity contribution in [1.82, 2.24) is 20.6 Å². The summed E-state index contributed by atoms with van der Waals surface area (Å²) >= 11 is 0. The Morgan fingerprint density at radius 3 is 2.23 bits per heavy atom. The molecule has 0 bridgehead atoms. The van der Waals surface area contributed by atoms with Crippen molar-refractivity contribution in [3.63, 3.8) is 0 Å². The highest BCUT2D eigenvalue weighted by atomic mass is 16.2. The Bertz CT molecular complexity index is 1260. The number of carbonyl (C=O) groups excluding carboxylic acids is 2. The normalized spacial score (nSPS) is 11.8. The van der Waals surface area contributed by atoms with Gasteiger partial charge in [-0.3, -0.25) is 9.59 Å². The first kappa shape index (κ1) is 20.2. The Kier molecular flexibility index (Phi) is 5.99. The van der Waals surface area contributed by atoms with Crippen LogP contribution in [0.25, 0.3) is 21.8 Å². The summed E-state index contributed by atoms with van der Waals surface area (Å²) in [6.07, 6.45) is 4.93. The Morgan fingerprint density at radius 2 is 1.55 bits per heavy atom. The van der Waals surface area contributed by atoms with Gasteiger partial charge in [-0.2, -0.15) is 5.26 Å². The predicted octanol–water partition coefficient (Wildman–Crippen LogP) is 2.95. The molecular formula is C24H23N5O2. The first-order valence-corrected chi connectivity index (χ1v) is 10.2. The van der Waals surface area contributed by atoms with E-state index in [4.69, 9.17) is 5.26 Å². The Labute approximate surface area is 179 Å². The monoisotopic (exact) mass is 413 g/mol. The highest BCUT2D eigenvalue weighted by Crippen LogP contribution is 2.20. The van der Waals surface area contributed by atoms with Gasteiger partial charge in [-0.1, -0.05) is 36.4 Å². The molecule has 4 N–H and O–H groups in total. The van der Waals surface area contributed by atoms with Gasteiger partial charge in [0.2, 0.25) is 11.8 Å². The lowest BCUT2D eigenvalue weighted by Crippen LogP contribution is -2.48. The van der Waals surface area contributed by atoms with Crippen molar-refractivity contribution >= 4 is 33.6 Å². The van der Waals surface area contributed by atoms with Crippen molar-refractivity contribution < 1.29 is 9.59 Å². The van der Waals surface area contributed by atoms with Gasteiger partial charge in [-0.05, 0) is 29.7 Å². The summed E-state index contributed by atoms with van der Waals surface area (Å²) in [6, 6.07) is 16.9. The number of nitriles is 1. The van der Waals surface area contributed by atoms with Crippen LogP contribution in [0, 0.1) is 11.3 Å². The van der Waals surface area contributed by atoms with Crippen molar-refractivity contribution in [2.24, 2.45) is 0 Å². The average Bonchev–Trinajstić information content (AvgIpc) is 3.40. The van der Waals surface area contributed by atoms with Crippen LogP contribution in [-0.4, -0.2) is 34.4 Å². The van der Waals surface area contributed by atoms with Crippen molar-refractivity contribution in [3.8, 4) is 6.07 Å². The SMILES string of the molecule is N#CCNC(=O)C(Cc1c[nH]c2ccccc12)NC(=O)CCc1c[nH]c2ccccc12. The second-order valence-corrected chi connectivity index (χ2v) is 7.42. The zero-order chi connectivity index (χ0) is 21.6. The average molecular weight is 413 g/mol. The maximum absolute atomic E-state index is 12.7. The zero-order valence-electron chi connectivity index (χ0n) is 16.9. The minimum absolute atomic E-state index is 0.103. The number of H-pyrrole nitrogens is 2. The fourth-order valence-corrected chi connectivity index (χ4v) is 3.83. The van der Waals surface area contributed by atoms with Gasteiger partial charge in [0, 0.05) is 47.0 Å². The predicted molar refractivity (Wildman–Crippen MR) is 119 cm³/mol. The molecule has 4 rings (SSSR count). The molecule has 0 aliphatic carbocycles. The largest absolute Gasteiger partial charge is 0.361 e. The second-order valence-electron chi connectivity index (χ2n) is 7.42. The van der Waals surface area contributed by atoms with Crippen LogP contribution in [0.15, 0.2) is 60.9 Å². The highest BCUT2D eigenvalue weighted by molar-refractivity contribution is 5.90. The molecule has 1 atom stereocenters. The third-order valence-electron chi connectivity index (χ3n) is 5.39. The number of nitrogens with zero attached hydrogens (tertiary/aromatic N) is 1. The molecule has 156 valence electrons. The van der Waals surface area contributed by atoms with E-state index >= 15 is 0 Å². The number of carbonyl (C=O) groups is 2. The summed E-state index contributed by atoms with van der Waals surface area (Å²) < 4.78 is 0. The summed E-state index contributed by atoms with van der Waals surface area (Å²) in [4.78, 5) is 31.7.